The van der Waals surface area contributed by atoms with E-state index < -0.39 is 0 Å². The monoisotopic (exact) mass is 380 g/mol. The summed E-state index contributed by atoms with van der Waals surface area (Å²) in [6, 6.07) is 9.67. The predicted molar refractivity (Wildman–Crippen MR) is 122 cm³/mol. The molecule has 0 nitrogen and oxygen atoms in total. The molecule has 1 aromatic rings. The van der Waals surface area contributed by atoms with Crippen LogP contribution in [0.15, 0.2) is 24.3 Å². The van der Waals surface area contributed by atoms with Crippen LogP contribution in [0.3, 0.4) is 0 Å². The molecule has 0 aliphatic heterocycles. The molecule has 0 aromatic heterocycles. The van der Waals surface area contributed by atoms with Gasteiger partial charge >= 0.3 is 0 Å². The van der Waals surface area contributed by atoms with Crippen molar-refractivity contribution in [2.24, 2.45) is 16.7 Å². The minimum Gasteiger partial charge on any atom is -0.0654 e. The molecular formula is C28H44. The smallest absolute Gasteiger partial charge is 0.0162 e. The summed E-state index contributed by atoms with van der Waals surface area (Å²) in [5.41, 5.74) is 4.67. The van der Waals surface area contributed by atoms with Crippen LogP contribution in [-0.2, 0) is 6.42 Å². The van der Waals surface area contributed by atoms with Gasteiger partial charge in [0.15, 0.2) is 0 Å². The maximum atomic E-state index is 2.44. The minimum atomic E-state index is 0.752. The van der Waals surface area contributed by atoms with Crippen molar-refractivity contribution in [3.8, 4) is 0 Å². The molecule has 0 radical (unpaired) electrons. The molecule has 4 fully saturated rings. The van der Waals surface area contributed by atoms with E-state index in [1.54, 1.807) is 44.1 Å². The lowest BCUT2D eigenvalue weighted by Gasteiger charge is -2.58. The summed E-state index contributed by atoms with van der Waals surface area (Å²) in [6.07, 6.45) is 23.7. The number of aryl methyl sites for hydroxylation is 1. The molecular weight excluding hydrogens is 336 g/mol. The lowest BCUT2D eigenvalue weighted by atomic mass is 9.47. The van der Waals surface area contributed by atoms with Crippen molar-refractivity contribution in [2.75, 3.05) is 0 Å². The van der Waals surface area contributed by atoms with Gasteiger partial charge < -0.3 is 0 Å². The molecule has 4 aliphatic carbocycles. The second-order valence-corrected chi connectivity index (χ2v) is 10.9. The topological polar surface area (TPSA) is 0 Å². The molecule has 28 heavy (non-hydrogen) atoms. The molecule has 0 heterocycles. The standard InChI is InChI=1S/C28H44/c1-3-5-6-16-27-17-20-28(21-18-27,22-19-27)26-14-12-25(13-15-26)24-10-8-23(7-4-2)9-11-24/h8-11,25-26H,3-7,12-22H2,1-2H3/t25-,26-,27?,28?. The normalized spacial score (nSPS) is 35.2. The SMILES string of the molecule is CCCCCC12CCC([C@H]3CC[C@H](c4ccc(CCC)cc4)CC3)(CC1)CC2. The van der Waals surface area contributed by atoms with Crippen LogP contribution in [0.1, 0.15) is 127 Å². The summed E-state index contributed by atoms with van der Waals surface area (Å²) in [4.78, 5) is 0. The lowest BCUT2D eigenvalue weighted by Crippen LogP contribution is -2.46. The molecule has 0 N–H and O–H groups in total. The van der Waals surface area contributed by atoms with E-state index in [2.05, 4.69) is 38.1 Å². The number of fused-ring (bicyclic) bond motifs is 3. The molecule has 1 aromatic carbocycles. The van der Waals surface area contributed by atoms with Crippen molar-refractivity contribution in [2.45, 2.75) is 122 Å². The number of benzene rings is 1. The third-order valence-electron chi connectivity index (χ3n) is 9.35. The van der Waals surface area contributed by atoms with E-state index in [0.717, 1.165) is 22.7 Å². The molecule has 0 heteroatoms. The molecule has 0 unspecified atom stereocenters. The third-order valence-corrected chi connectivity index (χ3v) is 9.35. The molecule has 4 saturated carbocycles. The van der Waals surface area contributed by atoms with Gasteiger partial charge in [-0.2, -0.15) is 0 Å². The van der Waals surface area contributed by atoms with Gasteiger partial charge in [-0.25, -0.2) is 0 Å². The van der Waals surface area contributed by atoms with Gasteiger partial charge in [0, 0.05) is 0 Å². The molecule has 0 saturated heterocycles. The van der Waals surface area contributed by atoms with Crippen molar-refractivity contribution >= 4 is 0 Å². The molecule has 0 amide bonds. The summed E-state index contributed by atoms with van der Waals surface area (Å²) in [7, 11) is 0. The van der Waals surface area contributed by atoms with Gasteiger partial charge in [-0.15, -0.1) is 0 Å². The van der Waals surface area contributed by atoms with E-state index in [4.69, 9.17) is 0 Å². The average Bonchev–Trinajstić information content (AvgIpc) is 2.76. The largest absolute Gasteiger partial charge is 0.0654 e. The second-order valence-electron chi connectivity index (χ2n) is 10.9. The fraction of sp³-hybridized carbons (Fsp3) is 0.786. The van der Waals surface area contributed by atoms with Crippen LogP contribution in [0.25, 0.3) is 0 Å². The Morgan fingerprint density at radius 2 is 1.39 bits per heavy atom. The average molecular weight is 381 g/mol. The number of hydrogen-bond donors (Lipinski definition) is 0. The second kappa shape index (κ2) is 8.93. The Balaban J connectivity index is 1.30. The van der Waals surface area contributed by atoms with E-state index in [1.807, 2.05) is 0 Å². The summed E-state index contributed by atoms with van der Waals surface area (Å²) >= 11 is 0. The fourth-order valence-electron chi connectivity index (χ4n) is 7.31. The van der Waals surface area contributed by atoms with Crippen LogP contribution in [0.4, 0.5) is 0 Å². The Kier molecular flexibility index (Phi) is 6.53. The highest BCUT2D eigenvalue weighted by atomic mass is 14.6. The molecule has 0 spiro atoms. The first-order valence-corrected chi connectivity index (χ1v) is 12.8. The van der Waals surface area contributed by atoms with E-state index in [1.165, 1.54) is 69.8 Å². The molecule has 4 aliphatic rings. The van der Waals surface area contributed by atoms with Crippen LogP contribution >= 0.6 is 0 Å². The van der Waals surface area contributed by atoms with Gasteiger partial charge in [0.25, 0.3) is 0 Å². The summed E-state index contributed by atoms with van der Waals surface area (Å²) < 4.78 is 0. The zero-order chi connectivity index (χ0) is 19.5. The van der Waals surface area contributed by atoms with E-state index >= 15 is 0 Å². The van der Waals surface area contributed by atoms with Crippen LogP contribution < -0.4 is 0 Å². The number of rotatable bonds is 8. The zero-order valence-electron chi connectivity index (χ0n) is 18.8. The highest BCUT2D eigenvalue weighted by molar-refractivity contribution is 5.26. The fourth-order valence-corrected chi connectivity index (χ4v) is 7.31. The van der Waals surface area contributed by atoms with E-state index in [0.29, 0.717) is 0 Å². The quantitative estimate of drug-likeness (QED) is 0.395. The molecule has 2 bridgehead atoms. The summed E-state index contributed by atoms with van der Waals surface area (Å²) in [5, 5.41) is 0. The van der Waals surface area contributed by atoms with Crippen LogP contribution in [0, 0.1) is 16.7 Å². The van der Waals surface area contributed by atoms with E-state index in [9.17, 15) is 0 Å². The molecule has 156 valence electrons. The highest BCUT2D eigenvalue weighted by Crippen LogP contribution is 2.63. The zero-order valence-corrected chi connectivity index (χ0v) is 18.8. The number of hydrogen-bond acceptors (Lipinski definition) is 0. The van der Waals surface area contributed by atoms with Crippen molar-refractivity contribution < 1.29 is 0 Å². The van der Waals surface area contributed by atoms with Gasteiger partial charge in [-0.05, 0) is 111 Å². The Labute approximate surface area is 174 Å². The first kappa shape index (κ1) is 20.5. The van der Waals surface area contributed by atoms with Crippen molar-refractivity contribution in [1.82, 2.24) is 0 Å². The lowest BCUT2D eigenvalue weighted by molar-refractivity contribution is -0.0630. The van der Waals surface area contributed by atoms with Gasteiger partial charge in [0.05, 0.1) is 0 Å². The van der Waals surface area contributed by atoms with Crippen molar-refractivity contribution in [3.05, 3.63) is 35.4 Å². The van der Waals surface area contributed by atoms with Crippen LogP contribution in [0.2, 0.25) is 0 Å². The predicted octanol–water partition coefficient (Wildman–Crippen LogP) is 8.83. The van der Waals surface area contributed by atoms with Crippen molar-refractivity contribution in [3.63, 3.8) is 0 Å². The van der Waals surface area contributed by atoms with Gasteiger partial charge in [-0.1, -0.05) is 63.8 Å². The highest BCUT2D eigenvalue weighted by Gasteiger charge is 2.51. The van der Waals surface area contributed by atoms with Crippen LogP contribution in [-0.4, -0.2) is 0 Å². The Bertz CT molecular complexity index is 577. The maximum absolute atomic E-state index is 2.44. The Hall–Kier alpha value is -0.780. The van der Waals surface area contributed by atoms with Crippen LogP contribution in [0.5, 0.6) is 0 Å². The Morgan fingerprint density at radius 3 is 1.96 bits per heavy atom. The van der Waals surface area contributed by atoms with E-state index in [-0.39, 0.29) is 0 Å². The third kappa shape index (κ3) is 4.22. The van der Waals surface area contributed by atoms with Gasteiger partial charge in [-0.3, -0.25) is 0 Å². The summed E-state index contributed by atoms with van der Waals surface area (Å²) in [6.45, 7) is 4.63. The first-order chi connectivity index (χ1) is 13.7. The Morgan fingerprint density at radius 1 is 0.750 bits per heavy atom. The van der Waals surface area contributed by atoms with Gasteiger partial charge in [0.2, 0.25) is 0 Å². The first-order valence-electron chi connectivity index (χ1n) is 12.8. The maximum Gasteiger partial charge on any atom is -0.0162 e. The summed E-state index contributed by atoms with van der Waals surface area (Å²) in [5.74, 6) is 1.88. The number of unbranched alkanes of at least 4 members (excludes halogenated alkanes) is 2. The molecule has 0 atom stereocenters. The minimum absolute atomic E-state index is 0.752. The van der Waals surface area contributed by atoms with Gasteiger partial charge in [0.1, 0.15) is 0 Å². The van der Waals surface area contributed by atoms with Crippen molar-refractivity contribution in [1.29, 1.82) is 0 Å². The molecule has 5 rings (SSSR count).